The van der Waals surface area contributed by atoms with Crippen molar-refractivity contribution in [3.05, 3.63) is 12.2 Å². The van der Waals surface area contributed by atoms with Crippen LogP contribution in [0.3, 0.4) is 0 Å². The summed E-state index contributed by atoms with van der Waals surface area (Å²) in [5.74, 6) is -7.26. The van der Waals surface area contributed by atoms with E-state index < -0.39 is 42.3 Å². The third-order valence-corrected chi connectivity index (χ3v) is 1.88. The summed E-state index contributed by atoms with van der Waals surface area (Å²) in [4.78, 5) is 0. The summed E-state index contributed by atoms with van der Waals surface area (Å²) in [6.45, 7) is 0. The Labute approximate surface area is 96.2 Å². The van der Waals surface area contributed by atoms with Crippen LogP contribution in [0.4, 0.5) is 52.7 Å². The minimum absolute atomic E-state index is 1.62. The zero-order valence-electron chi connectivity index (χ0n) is 8.19. The molecule has 12 heteroatoms. The molecule has 2 unspecified atom stereocenters. The first kappa shape index (κ1) is 17.9. The fraction of sp³-hybridized carbons (Fsp3) is 0.714. The van der Waals surface area contributed by atoms with E-state index in [4.69, 9.17) is 0 Å². The van der Waals surface area contributed by atoms with E-state index in [1.165, 1.54) is 0 Å². The van der Waals surface area contributed by atoms with E-state index in [0.717, 1.165) is 0 Å². The van der Waals surface area contributed by atoms with Gasteiger partial charge in [-0.1, -0.05) is 0 Å². The first-order valence-corrected chi connectivity index (χ1v) is 3.96. The van der Waals surface area contributed by atoms with Gasteiger partial charge in [0, 0.05) is 6.08 Å². The highest BCUT2D eigenvalue weighted by atomic mass is 19.4. The van der Waals surface area contributed by atoms with Crippen LogP contribution in [0.1, 0.15) is 0 Å². The highest BCUT2D eigenvalue weighted by Gasteiger charge is 2.84. The number of halogens is 12. The number of rotatable bonds is 3. The lowest BCUT2D eigenvalue weighted by molar-refractivity contribution is -0.391. The third-order valence-electron chi connectivity index (χ3n) is 1.88. The van der Waals surface area contributed by atoms with Gasteiger partial charge >= 0.3 is 23.9 Å². The normalized spacial score (nSPS) is 18.7. The Morgan fingerprint density at radius 2 is 1.11 bits per heavy atom. The summed E-state index contributed by atoms with van der Waals surface area (Å²) in [5.41, 5.74) is -6.87. The number of alkyl halides is 10. The molecule has 0 aromatic heterocycles. The molecule has 0 saturated carbocycles. The Bertz CT molecular complexity index is 344. The monoisotopic (exact) mass is 314 g/mol. The van der Waals surface area contributed by atoms with Crippen molar-refractivity contribution < 1.29 is 52.7 Å². The largest absolute Gasteiger partial charge is 0.457 e. The van der Waals surface area contributed by atoms with E-state index in [9.17, 15) is 52.7 Å². The van der Waals surface area contributed by atoms with Gasteiger partial charge in [-0.25, -0.2) is 8.78 Å². The molecule has 0 bridgehead atoms. The molecule has 0 aliphatic carbocycles. The summed E-state index contributed by atoms with van der Waals surface area (Å²) < 4.78 is 144. The lowest BCUT2D eigenvalue weighted by atomic mass is 9.90. The molecule has 0 aromatic rings. The van der Waals surface area contributed by atoms with Crippen LogP contribution >= 0.6 is 0 Å². The number of allylic oxidation sites excluding steroid dienone is 1. The van der Waals surface area contributed by atoms with Crippen LogP contribution in [0.2, 0.25) is 0 Å². The predicted molar refractivity (Wildman–Crippen MR) is 36.1 cm³/mol. The maximum atomic E-state index is 13.0. The first-order valence-electron chi connectivity index (χ1n) is 3.96. The molecule has 0 fully saturated rings. The Hall–Kier alpha value is -1.10. The summed E-state index contributed by atoms with van der Waals surface area (Å²) in [7, 11) is 0. The second-order valence-electron chi connectivity index (χ2n) is 3.14. The lowest BCUT2D eigenvalue weighted by Crippen LogP contribution is -2.66. The zero-order chi connectivity index (χ0) is 15.9. The molecule has 0 saturated heterocycles. The summed E-state index contributed by atoms with van der Waals surface area (Å²) >= 11 is 0. The SMILES string of the molecule is FC(F)=CC(F)C(F)(C(F)(F)F)C(F)(F)C(F)(F)F. The molecule has 0 nitrogen and oxygen atoms in total. The van der Waals surface area contributed by atoms with Crippen molar-refractivity contribution in [2.45, 2.75) is 30.1 Å². The van der Waals surface area contributed by atoms with E-state index in [-0.39, 0.29) is 0 Å². The first-order chi connectivity index (χ1) is 8.09. The van der Waals surface area contributed by atoms with Crippen molar-refractivity contribution in [2.75, 3.05) is 0 Å². The van der Waals surface area contributed by atoms with Crippen molar-refractivity contribution in [2.24, 2.45) is 0 Å². The molecule has 0 amide bonds. The smallest absolute Gasteiger partial charge is 0.239 e. The van der Waals surface area contributed by atoms with Gasteiger partial charge in [0.25, 0.3) is 6.08 Å². The van der Waals surface area contributed by atoms with Crippen LogP contribution in [0.15, 0.2) is 12.2 Å². The summed E-state index contributed by atoms with van der Waals surface area (Å²) in [5, 5.41) is 0. The van der Waals surface area contributed by atoms with Gasteiger partial charge in [-0.3, -0.25) is 0 Å². The minimum atomic E-state index is -7.26. The molecule has 0 aromatic carbocycles. The van der Waals surface area contributed by atoms with Crippen molar-refractivity contribution in [1.29, 1.82) is 0 Å². The van der Waals surface area contributed by atoms with Crippen LogP contribution in [0.25, 0.3) is 0 Å². The van der Waals surface area contributed by atoms with Crippen molar-refractivity contribution >= 4 is 0 Å². The van der Waals surface area contributed by atoms with Gasteiger partial charge in [-0.2, -0.15) is 43.9 Å². The van der Waals surface area contributed by atoms with Gasteiger partial charge in [-0.15, -0.1) is 0 Å². The van der Waals surface area contributed by atoms with Crippen LogP contribution in [-0.4, -0.2) is 30.1 Å². The van der Waals surface area contributed by atoms with Crippen LogP contribution in [0, 0.1) is 0 Å². The highest BCUT2D eigenvalue weighted by Crippen LogP contribution is 2.55. The standard InChI is InChI=1S/C7H2F12/c8-2(1-3(9)10)4(11,6(14,15)16)5(12,13)7(17,18)19/h1-2H. The molecule has 0 N–H and O–H groups in total. The highest BCUT2D eigenvalue weighted by molar-refractivity contribution is 5.14. The van der Waals surface area contributed by atoms with Crippen molar-refractivity contribution in [3.8, 4) is 0 Å². The van der Waals surface area contributed by atoms with Gasteiger partial charge in [-0.05, 0) is 0 Å². The van der Waals surface area contributed by atoms with Gasteiger partial charge in [0.05, 0.1) is 0 Å². The van der Waals surface area contributed by atoms with Gasteiger partial charge in [0.2, 0.25) is 0 Å². The Kier molecular flexibility index (Phi) is 4.50. The molecular weight excluding hydrogens is 312 g/mol. The van der Waals surface area contributed by atoms with Crippen LogP contribution in [0.5, 0.6) is 0 Å². The van der Waals surface area contributed by atoms with Crippen molar-refractivity contribution in [1.82, 2.24) is 0 Å². The minimum Gasteiger partial charge on any atom is -0.239 e. The topological polar surface area (TPSA) is 0 Å². The molecule has 0 radical (unpaired) electrons. The second kappa shape index (κ2) is 4.78. The summed E-state index contributed by atoms with van der Waals surface area (Å²) in [6, 6.07) is 0. The van der Waals surface area contributed by atoms with Gasteiger partial charge < -0.3 is 0 Å². The zero-order valence-corrected chi connectivity index (χ0v) is 8.19. The van der Waals surface area contributed by atoms with Crippen molar-refractivity contribution in [3.63, 3.8) is 0 Å². The number of hydrogen-bond acceptors (Lipinski definition) is 0. The average Bonchev–Trinajstić information content (AvgIpc) is 2.10. The maximum absolute atomic E-state index is 13.0. The van der Waals surface area contributed by atoms with Crippen LogP contribution < -0.4 is 0 Å². The van der Waals surface area contributed by atoms with Gasteiger partial charge in [0.15, 0.2) is 6.17 Å². The molecule has 2 atom stereocenters. The molecule has 0 aliphatic rings. The molecule has 0 spiro atoms. The van der Waals surface area contributed by atoms with E-state index >= 15 is 0 Å². The molecule has 0 heterocycles. The summed E-state index contributed by atoms with van der Waals surface area (Å²) in [6.07, 6.45) is -24.2. The quantitative estimate of drug-likeness (QED) is 0.669. The molecule has 0 aliphatic heterocycles. The van der Waals surface area contributed by atoms with E-state index in [1.54, 1.807) is 0 Å². The second-order valence-corrected chi connectivity index (χ2v) is 3.14. The number of hydrogen-bond donors (Lipinski definition) is 0. The van der Waals surface area contributed by atoms with Gasteiger partial charge in [0.1, 0.15) is 0 Å². The van der Waals surface area contributed by atoms with E-state index in [0.29, 0.717) is 0 Å². The Morgan fingerprint density at radius 3 is 1.32 bits per heavy atom. The maximum Gasteiger partial charge on any atom is 0.457 e. The molecular formula is C7H2F12. The predicted octanol–water partition coefficient (Wildman–Crippen LogP) is 4.57. The Morgan fingerprint density at radius 1 is 0.737 bits per heavy atom. The average molecular weight is 314 g/mol. The lowest BCUT2D eigenvalue weighted by Gasteiger charge is -2.36. The molecule has 114 valence electrons. The van der Waals surface area contributed by atoms with E-state index in [2.05, 4.69) is 0 Å². The molecule has 19 heavy (non-hydrogen) atoms. The third kappa shape index (κ3) is 2.91. The fourth-order valence-electron chi connectivity index (χ4n) is 0.939. The van der Waals surface area contributed by atoms with E-state index in [1.807, 2.05) is 0 Å². The van der Waals surface area contributed by atoms with Crippen LogP contribution in [-0.2, 0) is 0 Å². The Balaban J connectivity index is 6.05. The molecule has 0 rings (SSSR count). The fourth-order valence-corrected chi connectivity index (χ4v) is 0.939.